The van der Waals surface area contributed by atoms with Gasteiger partial charge in [0.2, 0.25) is 11.8 Å². The number of carbonyl (C=O) groups is 2. The Labute approximate surface area is 203 Å². The Morgan fingerprint density at radius 3 is 2.20 bits per heavy atom. The van der Waals surface area contributed by atoms with Crippen LogP contribution in [0.15, 0.2) is 57.8 Å². The van der Waals surface area contributed by atoms with Crippen molar-refractivity contribution in [3.63, 3.8) is 0 Å². The highest BCUT2D eigenvalue weighted by atomic mass is 32.2. The summed E-state index contributed by atoms with van der Waals surface area (Å²) in [5.74, 6) is -0.197. The summed E-state index contributed by atoms with van der Waals surface area (Å²) in [5.41, 5.74) is 1.18. The molecular formula is C25H27FN4O4S. The third-order valence-corrected chi connectivity index (χ3v) is 8.37. The van der Waals surface area contributed by atoms with Gasteiger partial charge >= 0.3 is 0 Å². The molecule has 2 saturated heterocycles. The fourth-order valence-electron chi connectivity index (χ4n) is 5.05. The molecule has 0 saturated carbocycles. The molecule has 2 aromatic carbocycles. The number of nitrogens with zero attached hydrogens (tertiary/aromatic N) is 3. The van der Waals surface area contributed by atoms with Crippen molar-refractivity contribution in [3.05, 3.63) is 59.9 Å². The number of amides is 2. The van der Waals surface area contributed by atoms with Gasteiger partial charge in [0.05, 0.1) is 0 Å². The summed E-state index contributed by atoms with van der Waals surface area (Å²) >= 11 is 0. The van der Waals surface area contributed by atoms with Crippen molar-refractivity contribution in [2.45, 2.75) is 30.6 Å². The van der Waals surface area contributed by atoms with E-state index < -0.39 is 10.0 Å². The topological polar surface area (TPSA) is 99.2 Å². The zero-order valence-electron chi connectivity index (χ0n) is 19.2. The molecule has 184 valence electrons. The van der Waals surface area contributed by atoms with Crippen LogP contribution in [0, 0.1) is 17.7 Å². The summed E-state index contributed by atoms with van der Waals surface area (Å²) in [6.45, 7) is 2.18. The van der Waals surface area contributed by atoms with Gasteiger partial charge in [0, 0.05) is 49.3 Å². The molecule has 2 fully saturated rings. The summed E-state index contributed by atoms with van der Waals surface area (Å²) < 4.78 is 41.8. The molecule has 0 aliphatic carbocycles. The van der Waals surface area contributed by atoms with Gasteiger partial charge < -0.3 is 15.1 Å². The minimum atomic E-state index is -3.66. The van der Waals surface area contributed by atoms with E-state index in [2.05, 4.69) is 9.71 Å². The Morgan fingerprint density at radius 1 is 0.886 bits per heavy atom. The number of amidine groups is 1. The maximum absolute atomic E-state index is 13.1. The number of hydrogen-bond acceptors (Lipinski definition) is 5. The second kappa shape index (κ2) is 9.41. The van der Waals surface area contributed by atoms with Gasteiger partial charge in [-0.2, -0.15) is 8.42 Å². The molecular weight excluding hydrogens is 471 g/mol. The normalized spacial score (nSPS) is 20.3. The lowest BCUT2D eigenvalue weighted by Gasteiger charge is -2.37. The Hall–Kier alpha value is -3.27. The summed E-state index contributed by atoms with van der Waals surface area (Å²) in [5, 5.41) is 2.82. The number of nitrogens with one attached hydrogen (secondary N) is 1. The number of anilines is 1. The third-order valence-electron chi connectivity index (χ3n) is 7.05. The quantitative estimate of drug-likeness (QED) is 0.702. The molecule has 35 heavy (non-hydrogen) atoms. The van der Waals surface area contributed by atoms with Crippen LogP contribution < -0.4 is 5.32 Å². The molecule has 2 amide bonds. The number of sulfonamides is 1. The van der Waals surface area contributed by atoms with Crippen LogP contribution in [-0.2, 0) is 19.6 Å². The van der Waals surface area contributed by atoms with Crippen LogP contribution in [-0.4, -0.2) is 62.0 Å². The van der Waals surface area contributed by atoms with E-state index in [4.69, 9.17) is 0 Å². The first-order valence-electron chi connectivity index (χ1n) is 11.9. The van der Waals surface area contributed by atoms with Gasteiger partial charge in [-0.3, -0.25) is 9.59 Å². The van der Waals surface area contributed by atoms with E-state index in [-0.39, 0.29) is 34.4 Å². The van der Waals surface area contributed by atoms with E-state index in [0.717, 1.165) is 0 Å². The monoisotopic (exact) mass is 498 g/mol. The maximum atomic E-state index is 13.1. The molecule has 5 rings (SSSR count). The first-order valence-corrected chi connectivity index (χ1v) is 13.3. The van der Waals surface area contributed by atoms with Crippen LogP contribution in [0.1, 0.15) is 31.2 Å². The van der Waals surface area contributed by atoms with Crippen LogP contribution in [0.25, 0.3) is 0 Å². The SMILES string of the molecule is O=C(Nc1ccc(F)cc1)C1CCN(C(=O)C2CCN(C3=NS(=O)(=O)c4ccccc43)CC2)CC1. The molecule has 0 bridgehead atoms. The minimum absolute atomic E-state index is 0.100. The largest absolute Gasteiger partial charge is 0.355 e. The second-order valence-electron chi connectivity index (χ2n) is 9.24. The Kier molecular flexibility index (Phi) is 6.31. The predicted octanol–water partition coefficient (Wildman–Crippen LogP) is 2.86. The van der Waals surface area contributed by atoms with E-state index in [9.17, 15) is 22.4 Å². The summed E-state index contributed by atoms with van der Waals surface area (Å²) in [6, 6.07) is 12.5. The zero-order valence-corrected chi connectivity index (χ0v) is 20.0. The van der Waals surface area contributed by atoms with Crippen LogP contribution in [0.5, 0.6) is 0 Å². The Bertz CT molecular complexity index is 1260. The summed E-state index contributed by atoms with van der Waals surface area (Å²) in [6.07, 6.45) is 2.43. The minimum Gasteiger partial charge on any atom is -0.355 e. The first-order chi connectivity index (χ1) is 16.8. The van der Waals surface area contributed by atoms with Gasteiger partial charge in [0.15, 0.2) is 5.84 Å². The molecule has 3 aliphatic heterocycles. The van der Waals surface area contributed by atoms with Gasteiger partial charge in [0.1, 0.15) is 10.7 Å². The average Bonchev–Trinajstić information content (AvgIpc) is 3.16. The fourth-order valence-corrected chi connectivity index (χ4v) is 6.28. The first kappa shape index (κ1) is 23.5. The number of fused-ring (bicyclic) bond motifs is 1. The van der Waals surface area contributed by atoms with Crippen LogP contribution in [0.2, 0.25) is 0 Å². The number of piperidine rings is 2. The van der Waals surface area contributed by atoms with E-state index >= 15 is 0 Å². The molecule has 0 radical (unpaired) electrons. The molecule has 2 aromatic rings. The van der Waals surface area contributed by atoms with Gasteiger partial charge in [0.25, 0.3) is 10.0 Å². The van der Waals surface area contributed by atoms with Crippen LogP contribution in [0.4, 0.5) is 10.1 Å². The zero-order chi connectivity index (χ0) is 24.6. The van der Waals surface area contributed by atoms with Crippen molar-refractivity contribution in [1.82, 2.24) is 9.80 Å². The molecule has 0 spiro atoms. The highest BCUT2D eigenvalue weighted by Crippen LogP contribution is 2.31. The van der Waals surface area contributed by atoms with Crippen molar-refractivity contribution < 1.29 is 22.4 Å². The standard InChI is InChI=1S/C25H27FN4O4S/c26-19-5-7-20(8-6-19)27-24(31)17-9-15-30(16-10-17)25(32)18-11-13-29(14-12-18)23-21-3-1-2-4-22(21)35(33,34)28-23/h1-8,17-18H,9-16H2,(H,27,31). The molecule has 10 heteroatoms. The van der Waals surface area contributed by atoms with E-state index in [0.29, 0.717) is 68.9 Å². The maximum Gasteiger partial charge on any atom is 0.285 e. The number of likely N-dealkylation sites (tertiary alicyclic amines) is 2. The van der Waals surface area contributed by atoms with Gasteiger partial charge in [-0.15, -0.1) is 4.40 Å². The smallest absolute Gasteiger partial charge is 0.285 e. The fraction of sp³-hybridized carbons (Fsp3) is 0.400. The van der Waals surface area contributed by atoms with E-state index in [1.807, 2.05) is 9.80 Å². The van der Waals surface area contributed by atoms with Crippen molar-refractivity contribution in [3.8, 4) is 0 Å². The van der Waals surface area contributed by atoms with Crippen molar-refractivity contribution in [2.24, 2.45) is 16.2 Å². The van der Waals surface area contributed by atoms with E-state index in [1.165, 1.54) is 24.3 Å². The number of halogens is 1. The average molecular weight is 499 g/mol. The third kappa shape index (κ3) is 4.80. The Balaban J connectivity index is 1.13. The molecule has 0 aromatic heterocycles. The number of hydrogen-bond donors (Lipinski definition) is 1. The second-order valence-corrected chi connectivity index (χ2v) is 10.8. The predicted molar refractivity (Wildman–Crippen MR) is 129 cm³/mol. The molecule has 1 N–H and O–H groups in total. The number of rotatable bonds is 3. The van der Waals surface area contributed by atoms with Gasteiger partial charge in [-0.05, 0) is 62.1 Å². The lowest BCUT2D eigenvalue weighted by atomic mass is 9.91. The van der Waals surface area contributed by atoms with Crippen molar-refractivity contribution in [2.75, 3.05) is 31.5 Å². The summed E-state index contributed by atoms with van der Waals surface area (Å²) in [7, 11) is -3.66. The molecule has 3 heterocycles. The highest BCUT2D eigenvalue weighted by Gasteiger charge is 2.36. The van der Waals surface area contributed by atoms with Crippen LogP contribution >= 0.6 is 0 Å². The van der Waals surface area contributed by atoms with Gasteiger partial charge in [-0.25, -0.2) is 4.39 Å². The Morgan fingerprint density at radius 2 is 1.51 bits per heavy atom. The molecule has 8 nitrogen and oxygen atoms in total. The van der Waals surface area contributed by atoms with E-state index in [1.54, 1.807) is 24.3 Å². The lowest BCUT2D eigenvalue weighted by molar-refractivity contribution is -0.139. The van der Waals surface area contributed by atoms with Gasteiger partial charge in [-0.1, -0.05) is 12.1 Å². The van der Waals surface area contributed by atoms with Crippen molar-refractivity contribution in [1.29, 1.82) is 0 Å². The summed E-state index contributed by atoms with van der Waals surface area (Å²) in [4.78, 5) is 29.7. The molecule has 0 atom stereocenters. The number of carbonyl (C=O) groups excluding carboxylic acids is 2. The molecule has 0 unspecified atom stereocenters. The van der Waals surface area contributed by atoms with Crippen molar-refractivity contribution >= 4 is 33.4 Å². The molecule has 3 aliphatic rings. The van der Waals surface area contributed by atoms with Crippen LogP contribution in [0.3, 0.4) is 0 Å². The lowest BCUT2D eigenvalue weighted by Crippen LogP contribution is -2.47. The highest BCUT2D eigenvalue weighted by molar-refractivity contribution is 7.90. The number of benzene rings is 2.